The first kappa shape index (κ1) is 16.9. The molecule has 0 N–H and O–H groups in total. The highest BCUT2D eigenvalue weighted by molar-refractivity contribution is 6.30. The highest BCUT2D eigenvalue weighted by atomic mass is 35.5. The monoisotopic (exact) mass is 355 g/mol. The number of hydrogen-bond acceptors (Lipinski definition) is 6. The summed E-state index contributed by atoms with van der Waals surface area (Å²) in [4.78, 5) is 16.4. The van der Waals surface area contributed by atoms with Gasteiger partial charge in [0.1, 0.15) is 12.6 Å². The first-order valence-electron chi connectivity index (χ1n) is 7.59. The van der Waals surface area contributed by atoms with Crippen LogP contribution in [0.5, 0.6) is 0 Å². The van der Waals surface area contributed by atoms with Gasteiger partial charge in [-0.05, 0) is 31.0 Å². The lowest BCUT2D eigenvalue weighted by molar-refractivity contribution is 0.358. The fraction of sp³-hybridized carbons (Fsp3) is 0.235. The van der Waals surface area contributed by atoms with Crippen molar-refractivity contribution in [3.8, 4) is 6.07 Å². The quantitative estimate of drug-likeness (QED) is 0.696. The third-order valence-electron chi connectivity index (χ3n) is 3.75. The summed E-state index contributed by atoms with van der Waals surface area (Å²) in [5, 5.41) is 17.5. The van der Waals surface area contributed by atoms with E-state index in [0.717, 1.165) is 12.0 Å². The number of hydrogen-bond donors (Lipinski definition) is 0. The van der Waals surface area contributed by atoms with E-state index in [1.807, 2.05) is 30.3 Å². The predicted octanol–water partition coefficient (Wildman–Crippen LogP) is 2.29. The Morgan fingerprint density at radius 1 is 1.28 bits per heavy atom. The molecule has 0 aliphatic heterocycles. The second kappa shape index (κ2) is 7.28. The normalized spacial score (nSPS) is 10.6. The zero-order chi connectivity index (χ0) is 17.8. The van der Waals surface area contributed by atoms with Crippen LogP contribution in [0.3, 0.4) is 0 Å². The molecular formula is C17H14ClN5O2. The van der Waals surface area contributed by atoms with Crippen LogP contribution in [-0.4, -0.2) is 19.9 Å². The Balaban J connectivity index is 1.68. The van der Waals surface area contributed by atoms with Crippen molar-refractivity contribution in [2.24, 2.45) is 0 Å². The maximum absolute atomic E-state index is 12.1. The fourth-order valence-electron chi connectivity index (χ4n) is 2.30. The van der Waals surface area contributed by atoms with E-state index in [9.17, 15) is 4.79 Å². The van der Waals surface area contributed by atoms with Gasteiger partial charge in [0, 0.05) is 17.0 Å². The molecule has 25 heavy (non-hydrogen) atoms. The fourth-order valence-corrected chi connectivity index (χ4v) is 2.43. The van der Waals surface area contributed by atoms with Crippen molar-refractivity contribution in [2.75, 3.05) is 0 Å². The molecule has 2 aromatic heterocycles. The van der Waals surface area contributed by atoms with E-state index in [2.05, 4.69) is 15.2 Å². The summed E-state index contributed by atoms with van der Waals surface area (Å²) in [6.45, 7) is 1.66. The van der Waals surface area contributed by atoms with E-state index in [-0.39, 0.29) is 17.7 Å². The molecule has 7 nitrogen and oxygen atoms in total. The molecule has 0 aliphatic carbocycles. The molecule has 0 aliphatic rings. The molecule has 0 saturated heterocycles. The van der Waals surface area contributed by atoms with E-state index in [1.54, 1.807) is 6.92 Å². The van der Waals surface area contributed by atoms with E-state index in [4.69, 9.17) is 21.4 Å². The lowest BCUT2D eigenvalue weighted by Crippen LogP contribution is -2.26. The molecule has 3 aromatic rings. The Morgan fingerprint density at radius 2 is 2.04 bits per heavy atom. The van der Waals surface area contributed by atoms with Gasteiger partial charge in [0.05, 0.1) is 11.8 Å². The number of nitrogens with zero attached hydrogens (tertiary/aromatic N) is 5. The Hall–Kier alpha value is -2.98. The van der Waals surface area contributed by atoms with E-state index < -0.39 is 0 Å². The van der Waals surface area contributed by atoms with Gasteiger partial charge in [-0.3, -0.25) is 4.79 Å². The van der Waals surface area contributed by atoms with E-state index in [1.165, 1.54) is 10.9 Å². The summed E-state index contributed by atoms with van der Waals surface area (Å²) >= 11 is 5.86. The topological polar surface area (TPSA) is 97.6 Å². The van der Waals surface area contributed by atoms with E-state index in [0.29, 0.717) is 28.7 Å². The molecule has 0 unspecified atom stereocenters. The second-order valence-electron chi connectivity index (χ2n) is 5.49. The van der Waals surface area contributed by atoms with Crippen LogP contribution in [0.1, 0.15) is 28.4 Å². The Bertz CT molecular complexity index is 986. The smallest absolute Gasteiger partial charge is 0.271 e. The Morgan fingerprint density at radius 3 is 2.76 bits per heavy atom. The summed E-state index contributed by atoms with van der Waals surface area (Å²) in [7, 11) is 0. The first-order valence-corrected chi connectivity index (χ1v) is 7.97. The van der Waals surface area contributed by atoms with Crippen LogP contribution in [0.2, 0.25) is 5.02 Å². The Labute approximate surface area is 148 Å². The van der Waals surface area contributed by atoms with Crippen molar-refractivity contribution in [2.45, 2.75) is 26.3 Å². The summed E-state index contributed by atoms with van der Waals surface area (Å²) in [5.74, 6) is 0.855. The van der Waals surface area contributed by atoms with Crippen molar-refractivity contribution >= 4 is 11.6 Å². The molecule has 126 valence electrons. The molecule has 2 heterocycles. The average Bonchev–Trinajstić information content (AvgIpc) is 3.06. The van der Waals surface area contributed by atoms with Crippen LogP contribution in [0.15, 0.2) is 39.8 Å². The molecule has 0 saturated carbocycles. The summed E-state index contributed by atoms with van der Waals surface area (Å²) in [5.41, 5.74) is 1.38. The third kappa shape index (κ3) is 3.92. The standard InChI is InChI=1S/C17H14ClN5O2/c1-11-13(8-19)9-20-23(17(11)24)10-16-21-15(22-25-16)7-4-12-2-5-14(18)6-3-12/h2-3,5-6,9H,4,7,10H2,1H3. The van der Waals surface area contributed by atoms with E-state index >= 15 is 0 Å². The van der Waals surface area contributed by atoms with Gasteiger partial charge in [-0.1, -0.05) is 28.9 Å². The molecule has 3 rings (SSSR count). The molecule has 0 atom stereocenters. The van der Waals surface area contributed by atoms with Gasteiger partial charge in [0.15, 0.2) is 5.82 Å². The van der Waals surface area contributed by atoms with Crippen molar-refractivity contribution in [3.63, 3.8) is 0 Å². The van der Waals surface area contributed by atoms with Gasteiger partial charge in [-0.15, -0.1) is 0 Å². The van der Waals surface area contributed by atoms with Crippen LogP contribution in [0, 0.1) is 18.3 Å². The van der Waals surface area contributed by atoms with Crippen LogP contribution in [0.4, 0.5) is 0 Å². The van der Waals surface area contributed by atoms with Gasteiger partial charge in [-0.2, -0.15) is 15.3 Å². The highest BCUT2D eigenvalue weighted by Gasteiger charge is 2.12. The number of halogens is 1. The number of nitriles is 1. The van der Waals surface area contributed by atoms with Gasteiger partial charge in [0.25, 0.3) is 5.56 Å². The number of benzene rings is 1. The van der Waals surface area contributed by atoms with Crippen molar-refractivity contribution in [1.29, 1.82) is 5.26 Å². The molecule has 1 aromatic carbocycles. The molecule has 0 amide bonds. The van der Waals surface area contributed by atoms with Crippen LogP contribution in [0.25, 0.3) is 0 Å². The molecular weight excluding hydrogens is 342 g/mol. The van der Waals surface area contributed by atoms with Crippen molar-refractivity contribution < 1.29 is 4.52 Å². The highest BCUT2D eigenvalue weighted by Crippen LogP contribution is 2.11. The number of aromatic nitrogens is 4. The summed E-state index contributed by atoms with van der Waals surface area (Å²) < 4.78 is 6.38. The molecule has 8 heteroatoms. The van der Waals surface area contributed by atoms with Gasteiger partial charge in [0.2, 0.25) is 5.89 Å². The molecule has 0 fully saturated rings. The third-order valence-corrected chi connectivity index (χ3v) is 4.00. The maximum Gasteiger partial charge on any atom is 0.271 e. The summed E-state index contributed by atoms with van der Waals surface area (Å²) in [6, 6.07) is 9.51. The van der Waals surface area contributed by atoms with Crippen molar-refractivity contribution in [3.05, 3.63) is 74.2 Å². The molecule has 0 spiro atoms. The molecule has 0 radical (unpaired) electrons. The van der Waals surface area contributed by atoms with Gasteiger partial charge >= 0.3 is 0 Å². The zero-order valence-electron chi connectivity index (χ0n) is 13.4. The first-order chi connectivity index (χ1) is 12.1. The second-order valence-corrected chi connectivity index (χ2v) is 5.93. The minimum atomic E-state index is -0.347. The average molecular weight is 356 g/mol. The lowest BCUT2D eigenvalue weighted by Gasteiger charge is -2.02. The zero-order valence-corrected chi connectivity index (χ0v) is 14.2. The van der Waals surface area contributed by atoms with Gasteiger partial charge in [-0.25, -0.2) is 4.68 Å². The summed E-state index contributed by atoms with van der Waals surface area (Å²) in [6.07, 6.45) is 2.72. The minimum Gasteiger partial charge on any atom is -0.337 e. The number of aryl methyl sites for hydroxylation is 2. The van der Waals surface area contributed by atoms with Gasteiger partial charge < -0.3 is 4.52 Å². The number of rotatable bonds is 5. The molecule has 0 bridgehead atoms. The maximum atomic E-state index is 12.1. The largest absolute Gasteiger partial charge is 0.337 e. The lowest BCUT2D eigenvalue weighted by atomic mass is 10.1. The van der Waals surface area contributed by atoms with Crippen LogP contribution in [-0.2, 0) is 19.4 Å². The van der Waals surface area contributed by atoms with Crippen LogP contribution >= 0.6 is 11.6 Å². The SMILES string of the molecule is Cc1c(C#N)cnn(Cc2nc(CCc3ccc(Cl)cc3)no2)c1=O. The van der Waals surface area contributed by atoms with Crippen molar-refractivity contribution in [1.82, 2.24) is 19.9 Å². The predicted molar refractivity (Wildman–Crippen MR) is 90.2 cm³/mol. The Kier molecular flexibility index (Phi) is 4.91. The minimum absolute atomic E-state index is 0.0688. The van der Waals surface area contributed by atoms with Crippen LogP contribution < -0.4 is 5.56 Å².